The van der Waals surface area contributed by atoms with E-state index in [0.717, 1.165) is 16.0 Å². The number of hydrogen-bond donors (Lipinski definition) is 2. The number of fused-ring (bicyclic) bond motifs is 1. The van der Waals surface area contributed by atoms with Crippen molar-refractivity contribution in [2.45, 2.75) is 25.9 Å². The number of benzene rings is 1. The van der Waals surface area contributed by atoms with Crippen molar-refractivity contribution < 1.29 is 9.53 Å². The normalized spacial score (nSPS) is 11.0. The molecule has 3 aromatic rings. The molecule has 142 valence electrons. The van der Waals surface area contributed by atoms with Gasteiger partial charge in [0.15, 0.2) is 5.16 Å². The minimum absolute atomic E-state index is 0.0998. The van der Waals surface area contributed by atoms with E-state index in [1.807, 2.05) is 20.8 Å². The van der Waals surface area contributed by atoms with Gasteiger partial charge in [0.25, 0.3) is 5.56 Å². The number of nitrogens with zero attached hydrogens (tertiary/aromatic N) is 1. The van der Waals surface area contributed by atoms with E-state index in [0.29, 0.717) is 31.8 Å². The van der Waals surface area contributed by atoms with Crippen molar-refractivity contribution in [3.05, 3.63) is 43.5 Å². The summed E-state index contributed by atoms with van der Waals surface area (Å²) in [5, 5.41) is 4.41. The molecular formula is C18H18ClN3O3S2. The Balaban J connectivity index is 1.74. The molecule has 0 unspecified atom stereocenters. The highest BCUT2D eigenvalue weighted by Crippen LogP contribution is 2.31. The number of H-pyrrole nitrogens is 1. The van der Waals surface area contributed by atoms with E-state index in [-0.39, 0.29) is 17.2 Å². The lowest BCUT2D eigenvalue weighted by Crippen LogP contribution is -2.16. The number of carbonyl (C=O) groups is 1. The molecule has 0 fully saturated rings. The average molecular weight is 424 g/mol. The Labute approximate surface area is 169 Å². The summed E-state index contributed by atoms with van der Waals surface area (Å²) in [7, 11) is 1.51. The van der Waals surface area contributed by atoms with E-state index in [1.165, 1.54) is 30.2 Å². The summed E-state index contributed by atoms with van der Waals surface area (Å²) >= 11 is 8.73. The molecule has 0 spiro atoms. The lowest BCUT2D eigenvalue weighted by Gasteiger charge is -2.12. The molecule has 0 aliphatic carbocycles. The quantitative estimate of drug-likeness (QED) is 0.472. The van der Waals surface area contributed by atoms with Crippen LogP contribution in [0.25, 0.3) is 10.2 Å². The smallest absolute Gasteiger partial charge is 0.260 e. The molecular weight excluding hydrogens is 406 g/mol. The number of rotatable bonds is 5. The molecule has 0 bridgehead atoms. The second-order valence-corrected chi connectivity index (χ2v) is 8.55. The Morgan fingerprint density at radius 2 is 2.11 bits per heavy atom. The number of aromatic nitrogens is 2. The summed E-state index contributed by atoms with van der Waals surface area (Å²) in [4.78, 5) is 33.6. The van der Waals surface area contributed by atoms with Crippen molar-refractivity contribution in [3.63, 3.8) is 0 Å². The predicted molar refractivity (Wildman–Crippen MR) is 112 cm³/mol. The maximum absolute atomic E-state index is 12.3. The van der Waals surface area contributed by atoms with Crippen molar-refractivity contribution >= 4 is 56.5 Å². The molecule has 1 amide bonds. The van der Waals surface area contributed by atoms with Crippen LogP contribution in [-0.4, -0.2) is 28.7 Å². The monoisotopic (exact) mass is 423 g/mol. The van der Waals surface area contributed by atoms with Crippen LogP contribution in [0.1, 0.15) is 16.0 Å². The van der Waals surface area contributed by atoms with E-state index in [1.54, 1.807) is 12.1 Å². The first kappa shape index (κ1) is 19.7. The second kappa shape index (κ2) is 7.92. The molecule has 9 heteroatoms. The van der Waals surface area contributed by atoms with E-state index < -0.39 is 0 Å². The number of nitrogens with one attached hydrogen (secondary N) is 2. The van der Waals surface area contributed by atoms with Crippen molar-refractivity contribution in [1.29, 1.82) is 0 Å². The first-order valence-corrected chi connectivity index (χ1v) is 10.2. The molecule has 0 atom stereocenters. The standard InChI is InChI=1S/C18H18ClN3O3S2/c1-8-5-12(13(25-4)6-11(8)19)20-14(23)7-26-18-21-16(24)15-9(2)10(3)27-17(15)22-18/h5-6H,7H2,1-4H3,(H,20,23)(H,21,22,24). The highest BCUT2D eigenvalue weighted by atomic mass is 35.5. The summed E-state index contributed by atoms with van der Waals surface area (Å²) in [6.45, 7) is 5.72. The summed E-state index contributed by atoms with van der Waals surface area (Å²) in [5.74, 6) is 0.352. The number of methoxy groups -OCH3 is 1. The van der Waals surface area contributed by atoms with E-state index in [2.05, 4.69) is 15.3 Å². The minimum Gasteiger partial charge on any atom is -0.495 e. The molecule has 2 N–H and O–H groups in total. The van der Waals surface area contributed by atoms with Crippen LogP contribution in [0.15, 0.2) is 22.1 Å². The van der Waals surface area contributed by atoms with Gasteiger partial charge in [-0.15, -0.1) is 11.3 Å². The van der Waals surface area contributed by atoms with E-state index in [4.69, 9.17) is 16.3 Å². The Morgan fingerprint density at radius 3 is 2.81 bits per heavy atom. The molecule has 0 saturated carbocycles. The second-order valence-electron chi connectivity index (χ2n) is 5.97. The van der Waals surface area contributed by atoms with Crippen molar-refractivity contribution in [3.8, 4) is 5.75 Å². The number of anilines is 1. The van der Waals surface area contributed by atoms with Gasteiger partial charge < -0.3 is 15.0 Å². The summed E-state index contributed by atoms with van der Waals surface area (Å²) in [6, 6.07) is 3.42. The molecule has 0 aliphatic rings. The van der Waals surface area contributed by atoms with Gasteiger partial charge in [-0.3, -0.25) is 9.59 Å². The number of halogens is 1. The van der Waals surface area contributed by atoms with Crippen molar-refractivity contribution in [1.82, 2.24) is 9.97 Å². The molecule has 1 aromatic carbocycles. The number of aryl methyl sites for hydroxylation is 3. The van der Waals surface area contributed by atoms with Gasteiger partial charge in [0.05, 0.1) is 23.9 Å². The predicted octanol–water partition coefficient (Wildman–Crippen LogP) is 4.30. The minimum atomic E-state index is -0.235. The van der Waals surface area contributed by atoms with E-state index >= 15 is 0 Å². The molecule has 3 rings (SSSR count). The molecule has 27 heavy (non-hydrogen) atoms. The third-order valence-corrected chi connectivity index (χ3v) is 6.49. The van der Waals surface area contributed by atoms with Crippen LogP contribution in [0.5, 0.6) is 5.75 Å². The average Bonchev–Trinajstić information content (AvgIpc) is 2.90. The number of amides is 1. The van der Waals surface area contributed by atoms with Crippen molar-refractivity contribution in [2.75, 3.05) is 18.2 Å². The SMILES string of the molecule is COc1cc(Cl)c(C)cc1NC(=O)CSc1nc2sc(C)c(C)c2c(=O)[nH]1. The lowest BCUT2D eigenvalue weighted by molar-refractivity contribution is -0.113. The first-order chi connectivity index (χ1) is 12.8. The number of hydrogen-bond acceptors (Lipinski definition) is 6. The maximum Gasteiger partial charge on any atom is 0.260 e. The summed E-state index contributed by atoms with van der Waals surface area (Å²) in [5.41, 5.74) is 2.15. The van der Waals surface area contributed by atoms with Crippen LogP contribution in [0, 0.1) is 20.8 Å². The third-order valence-electron chi connectivity index (χ3n) is 4.11. The number of thioether (sulfide) groups is 1. The zero-order valence-electron chi connectivity index (χ0n) is 15.2. The number of ether oxygens (including phenoxy) is 1. The Morgan fingerprint density at radius 1 is 1.37 bits per heavy atom. The Hall–Kier alpha value is -2.03. The number of carbonyl (C=O) groups excluding carboxylic acids is 1. The van der Waals surface area contributed by atoms with Crippen LogP contribution >= 0.6 is 34.7 Å². The van der Waals surface area contributed by atoms with Gasteiger partial charge in [0.2, 0.25) is 5.91 Å². The van der Waals surface area contributed by atoms with Crippen LogP contribution < -0.4 is 15.6 Å². The van der Waals surface area contributed by atoms with Gasteiger partial charge in [-0.1, -0.05) is 23.4 Å². The Kier molecular flexibility index (Phi) is 5.78. The highest BCUT2D eigenvalue weighted by Gasteiger charge is 2.14. The zero-order chi connectivity index (χ0) is 19.7. The molecule has 0 aliphatic heterocycles. The third kappa shape index (κ3) is 4.12. The molecule has 6 nitrogen and oxygen atoms in total. The fraction of sp³-hybridized carbons (Fsp3) is 0.278. The fourth-order valence-corrected chi connectivity index (χ4v) is 4.46. The van der Waals surface area contributed by atoms with Crippen molar-refractivity contribution in [2.24, 2.45) is 0 Å². The van der Waals surface area contributed by atoms with Gasteiger partial charge in [-0.2, -0.15) is 0 Å². The summed E-state index contributed by atoms with van der Waals surface area (Å²) in [6.07, 6.45) is 0. The molecule has 2 heterocycles. The lowest BCUT2D eigenvalue weighted by atomic mass is 10.2. The largest absolute Gasteiger partial charge is 0.495 e. The van der Waals surface area contributed by atoms with Gasteiger partial charge >= 0.3 is 0 Å². The number of thiophene rings is 1. The fourth-order valence-electron chi connectivity index (χ4n) is 2.55. The topological polar surface area (TPSA) is 84.1 Å². The van der Waals surface area contributed by atoms with Gasteiger partial charge in [-0.25, -0.2) is 4.98 Å². The Bertz CT molecular complexity index is 1090. The first-order valence-electron chi connectivity index (χ1n) is 8.07. The molecule has 0 saturated heterocycles. The zero-order valence-corrected chi connectivity index (χ0v) is 17.6. The van der Waals surface area contributed by atoms with Crippen LogP contribution in [0.3, 0.4) is 0 Å². The van der Waals surface area contributed by atoms with Gasteiger partial charge in [0, 0.05) is 16.0 Å². The highest BCUT2D eigenvalue weighted by molar-refractivity contribution is 7.99. The van der Waals surface area contributed by atoms with Gasteiger partial charge in [-0.05, 0) is 38.0 Å². The summed E-state index contributed by atoms with van der Waals surface area (Å²) < 4.78 is 5.26. The van der Waals surface area contributed by atoms with Crippen LogP contribution in [0.2, 0.25) is 5.02 Å². The maximum atomic E-state index is 12.3. The molecule has 0 radical (unpaired) electrons. The van der Waals surface area contributed by atoms with E-state index in [9.17, 15) is 9.59 Å². The van der Waals surface area contributed by atoms with Crippen LogP contribution in [-0.2, 0) is 4.79 Å². The number of aromatic amines is 1. The van der Waals surface area contributed by atoms with Gasteiger partial charge in [0.1, 0.15) is 10.6 Å². The molecule has 2 aromatic heterocycles. The van der Waals surface area contributed by atoms with Crippen LogP contribution in [0.4, 0.5) is 5.69 Å².